The number of rotatable bonds is 3. The number of anilines is 2. The second kappa shape index (κ2) is 5.65. The Balaban J connectivity index is 2.14. The van der Waals surface area contributed by atoms with Gasteiger partial charge in [-0.2, -0.15) is 0 Å². The van der Waals surface area contributed by atoms with Crippen molar-refractivity contribution in [1.29, 1.82) is 0 Å². The van der Waals surface area contributed by atoms with Gasteiger partial charge < -0.3 is 11.1 Å². The van der Waals surface area contributed by atoms with Gasteiger partial charge in [0.05, 0.1) is 0 Å². The minimum Gasteiger partial charge on any atom is -0.383 e. The van der Waals surface area contributed by atoms with Crippen molar-refractivity contribution in [2.45, 2.75) is 38.6 Å². The lowest BCUT2D eigenvalue weighted by atomic mass is 10.0. The molecule has 2 rings (SSSR count). The van der Waals surface area contributed by atoms with E-state index in [1.54, 1.807) is 0 Å². The average molecular weight is 268 g/mol. The summed E-state index contributed by atoms with van der Waals surface area (Å²) in [6.07, 6.45) is 3.34. The van der Waals surface area contributed by atoms with Crippen LogP contribution in [-0.2, 0) is 10.8 Å². The van der Waals surface area contributed by atoms with Crippen LogP contribution in [0.2, 0.25) is 0 Å². The lowest BCUT2D eigenvalue weighted by Crippen LogP contribution is -2.30. The lowest BCUT2D eigenvalue weighted by Gasteiger charge is -2.25. The summed E-state index contributed by atoms with van der Waals surface area (Å²) in [7, 11) is -0.635. The number of nitrogens with one attached hydrogen (secondary N) is 1. The SMILES string of the molecule is CC(C)c1c(N)ncnc1NC1CCS(=O)CC1. The Morgan fingerprint density at radius 1 is 1.39 bits per heavy atom. The van der Waals surface area contributed by atoms with Crippen LogP contribution in [0.3, 0.4) is 0 Å². The summed E-state index contributed by atoms with van der Waals surface area (Å²) in [5, 5.41) is 3.43. The largest absolute Gasteiger partial charge is 0.383 e. The van der Waals surface area contributed by atoms with Gasteiger partial charge in [0.25, 0.3) is 0 Å². The van der Waals surface area contributed by atoms with Crippen molar-refractivity contribution in [3.63, 3.8) is 0 Å². The van der Waals surface area contributed by atoms with Gasteiger partial charge in [-0.3, -0.25) is 4.21 Å². The first-order chi connectivity index (χ1) is 8.58. The first-order valence-corrected chi connectivity index (χ1v) is 7.78. The molecule has 0 spiro atoms. The number of hydrogen-bond acceptors (Lipinski definition) is 5. The van der Waals surface area contributed by atoms with Gasteiger partial charge in [-0.1, -0.05) is 13.8 Å². The van der Waals surface area contributed by atoms with Crippen LogP contribution in [0.25, 0.3) is 0 Å². The summed E-state index contributed by atoms with van der Waals surface area (Å²) >= 11 is 0. The summed E-state index contributed by atoms with van der Waals surface area (Å²) in [5.41, 5.74) is 6.89. The Morgan fingerprint density at radius 3 is 2.67 bits per heavy atom. The first kappa shape index (κ1) is 13.3. The Hall–Kier alpha value is -1.17. The lowest BCUT2D eigenvalue weighted by molar-refractivity contribution is 0.621. The molecule has 5 nitrogen and oxygen atoms in total. The standard InChI is InChI=1S/C12H20N4OS/c1-8(2)10-11(13)14-7-15-12(10)16-9-3-5-18(17)6-4-9/h7-9H,3-6H2,1-2H3,(H3,13,14,15,16). The maximum Gasteiger partial charge on any atom is 0.135 e. The predicted molar refractivity (Wildman–Crippen MR) is 75.1 cm³/mol. The first-order valence-electron chi connectivity index (χ1n) is 6.29. The van der Waals surface area contributed by atoms with Crippen molar-refractivity contribution >= 4 is 22.4 Å². The number of aromatic nitrogens is 2. The van der Waals surface area contributed by atoms with Crippen LogP contribution in [-0.4, -0.2) is 31.7 Å². The van der Waals surface area contributed by atoms with E-state index in [1.807, 2.05) is 0 Å². The van der Waals surface area contributed by atoms with E-state index >= 15 is 0 Å². The van der Waals surface area contributed by atoms with E-state index in [4.69, 9.17) is 5.73 Å². The third-order valence-electron chi connectivity index (χ3n) is 3.22. The molecule has 0 amide bonds. The molecule has 1 saturated heterocycles. The van der Waals surface area contributed by atoms with Crippen LogP contribution in [0.1, 0.15) is 38.2 Å². The molecular weight excluding hydrogens is 248 g/mol. The van der Waals surface area contributed by atoms with Crippen LogP contribution < -0.4 is 11.1 Å². The summed E-state index contributed by atoms with van der Waals surface area (Å²) in [4.78, 5) is 8.34. The molecule has 0 atom stereocenters. The smallest absolute Gasteiger partial charge is 0.135 e. The number of hydrogen-bond donors (Lipinski definition) is 2. The molecule has 18 heavy (non-hydrogen) atoms. The average Bonchev–Trinajstić information content (AvgIpc) is 2.32. The van der Waals surface area contributed by atoms with E-state index in [9.17, 15) is 4.21 Å². The summed E-state index contributed by atoms with van der Waals surface area (Å²) in [6.45, 7) is 4.16. The summed E-state index contributed by atoms with van der Waals surface area (Å²) in [5.74, 6) is 3.20. The van der Waals surface area contributed by atoms with Gasteiger partial charge in [0.1, 0.15) is 18.0 Å². The molecule has 0 bridgehead atoms. The normalized spacial score (nSPS) is 24.2. The molecule has 2 heterocycles. The molecule has 0 radical (unpaired) electrons. The van der Waals surface area contributed by atoms with Crippen molar-refractivity contribution in [3.8, 4) is 0 Å². The Labute approximate surface area is 110 Å². The maximum atomic E-state index is 11.3. The zero-order chi connectivity index (χ0) is 13.1. The van der Waals surface area contributed by atoms with Gasteiger partial charge in [-0.25, -0.2) is 9.97 Å². The molecule has 0 unspecified atom stereocenters. The molecule has 1 aliphatic heterocycles. The zero-order valence-electron chi connectivity index (χ0n) is 10.8. The second-order valence-corrected chi connectivity index (χ2v) is 6.64. The van der Waals surface area contributed by atoms with Crippen LogP contribution in [0.15, 0.2) is 6.33 Å². The van der Waals surface area contributed by atoms with Gasteiger partial charge in [-0.05, 0) is 18.8 Å². The van der Waals surface area contributed by atoms with E-state index in [0.717, 1.165) is 35.7 Å². The highest BCUT2D eigenvalue weighted by molar-refractivity contribution is 7.85. The van der Waals surface area contributed by atoms with Crippen LogP contribution in [0.4, 0.5) is 11.6 Å². The van der Waals surface area contributed by atoms with E-state index < -0.39 is 10.8 Å². The minimum atomic E-state index is -0.635. The zero-order valence-corrected chi connectivity index (χ0v) is 11.7. The highest BCUT2D eigenvalue weighted by atomic mass is 32.2. The molecule has 0 aromatic carbocycles. The fourth-order valence-electron chi connectivity index (χ4n) is 2.22. The third-order valence-corrected chi connectivity index (χ3v) is 4.60. The number of nitrogens with two attached hydrogens (primary N) is 1. The van der Waals surface area contributed by atoms with Gasteiger partial charge in [0, 0.05) is 33.9 Å². The van der Waals surface area contributed by atoms with Crippen molar-refractivity contribution in [2.75, 3.05) is 22.6 Å². The molecule has 3 N–H and O–H groups in total. The molecular formula is C12H20N4OS. The van der Waals surface area contributed by atoms with Crippen LogP contribution in [0.5, 0.6) is 0 Å². The van der Waals surface area contributed by atoms with Crippen molar-refractivity contribution < 1.29 is 4.21 Å². The minimum absolute atomic E-state index is 0.284. The summed E-state index contributed by atoms with van der Waals surface area (Å²) < 4.78 is 11.3. The molecule has 1 aliphatic rings. The number of nitrogen functional groups attached to an aromatic ring is 1. The van der Waals surface area contributed by atoms with Gasteiger partial charge in [0.15, 0.2) is 0 Å². The van der Waals surface area contributed by atoms with Gasteiger partial charge in [0.2, 0.25) is 0 Å². The van der Waals surface area contributed by atoms with E-state index in [0.29, 0.717) is 11.9 Å². The predicted octanol–water partition coefficient (Wildman–Crippen LogP) is 1.51. The maximum absolute atomic E-state index is 11.3. The van der Waals surface area contributed by atoms with Gasteiger partial charge in [-0.15, -0.1) is 0 Å². The molecule has 1 aromatic heterocycles. The Morgan fingerprint density at radius 2 is 2.06 bits per heavy atom. The molecule has 100 valence electrons. The molecule has 1 aromatic rings. The molecule has 6 heteroatoms. The second-order valence-electron chi connectivity index (χ2n) is 4.94. The van der Waals surface area contributed by atoms with Crippen LogP contribution >= 0.6 is 0 Å². The summed E-state index contributed by atoms with van der Waals surface area (Å²) in [6, 6.07) is 0.342. The highest BCUT2D eigenvalue weighted by Crippen LogP contribution is 2.27. The van der Waals surface area contributed by atoms with Gasteiger partial charge >= 0.3 is 0 Å². The topological polar surface area (TPSA) is 80.9 Å². The van der Waals surface area contributed by atoms with Crippen molar-refractivity contribution in [2.24, 2.45) is 0 Å². The molecule has 0 saturated carbocycles. The number of nitrogens with zero attached hydrogens (tertiary/aromatic N) is 2. The Bertz CT molecular complexity index is 440. The van der Waals surface area contributed by atoms with Crippen molar-refractivity contribution in [3.05, 3.63) is 11.9 Å². The van der Waals surface area contributed by atoms with Crippen LogP contribution in [0, 0.1) is 0 Å². The molecule has 1 fully saturated rings. The highest BCUT2D eigenvalue weighted by Gasteiger charge is 2.20. The monoisotopic (exact) mass is 268 g/mol. The quantitative estimate of drug-likeness (QED) is 0.868. The third kappa shape index (κ3) is 2.98. The van der Waals surface area contributed by atoms with E-state index in [-0.39, 0.29) is 5.92 Å². The fourth-order valence-corrected chi connectivity index (χ4v) is 3.52. The van der Waals surface area contributed by atoms with Crippen molar-refractivity contribution in [1.82, 2.24) is 9.97 Å². The molecule has 0 aliphatic carbocycles. The van der Waals surface area contributed by atoms with E-state index in [1.165, 1.54) is 6.33 Å². The Kier molecular flexibility index (Phi) is 4.16. The fraction of sp³-hybridized carbons (Fsp3) is 0.667. The van der Waals surface area contributed by atoms with E-state index in [2.05, 4.69) is 29.1 Å².